The van der Waals surface area contributed by atoms with Gasteiger partial charge in [0.1, 0.15) is 13.2 Å². The van der Waals surface area contributed by atoms with E-state index in [0.717, 1.165) is 9.26 Å². The number of benzene rings is 2. The lowest BCUT2D eigenvalue weighted by Crippen LogP contribution is -2.22. The molecule has 1 aliphatic rings. The second kappa shape index (κ2) is 7.27. The maximum atomic E-state index is 12.1. The summed E-state index contributed by atoms with van der Waals surface area (Å²) in [7, 11) is 0. The molecule has 120 valence electrons. The number of ether oxygens (including phenoxy) is 2. The van der Waals surface area contributed by atoms with Crippen LogP contribution in [0.3, 0.4) is 0 Å². The first-order valence-corrected chi connectivity index (χ1v) is 8.46. The Hall–Kier alpha value is -1.67. The number of carbonyl (C=O) groups is 1. The van der Waals surface area contributed by atoms with Crippen LogP contribution in [0.2, 0.25) is 5.02 Å². The van der Waals surface area contributed by atoms with Gasteiger partial charge < -0.3 is 20.1 Å². The molecule has 1 aliphatic heterocycles. The summed E-state index contributed by atoms with van der Waals surface area (Å²) in [6.45, 7) is 1.11. The minimum Gasteiger partial charge on any atom is -0.486 e. The van der Waals surface area contributed by atoms with Gasteiger partial charge in [-0.2, -0.15) is 0 Å². The molecule has 5 nitrogen and oxygen atoms in total. The first-order valence-electron chi connectivity index (χ1n) is 7.01. The molecule has 3 rings (SSSR count). The number of rotatable bonds is 4. The minimum absolute atomic E-state index is 0.102. The maximum Gasteiger partial charge on any atom is 0.243 e. The first-order chi connectivity index (χ1) is 11.1. The summed E-state index contributed by atoms with van der Waals surface area (Å²) in [5.41, 5.74) is 1.42. The van der Waals surface area contributed by atoms with Gasteiger partial charge in [0.05, 0.1) is 22.9 Å². The highest BCUT2D eigenvalue weighted by Crippen LogP contribution is 2.37. The number of fused-ring (bicyclic) bond motifs is 1. The van der Waals surface area contributed by atoms with Crippen LogP contribution in [0.25, 0.3) is 0 Å². The molecule has 1 heterocycles. The third-order valence-electron chi connectivity index (χ3n) is 3.22. The van der Waals surface area contributed by atoms with Gasteiger partial charge in [0.15, 0.2) is 11.5 Å². The summed E-state index contributed by atoms with van der Waals surface area (Å²) in [6, 6.07) is 11.0. The molecule has 2 aromatic rings. The van der Waals surface area contributed by atoms with Crippen molar-refractivity contribution in [2.45, 2.75) is 0 Å². The molecular weight excluding hydrogens is 431 g/mol. The quantitative estimate of drug-likeness (QED) is 0.705. The molecule has 0 atom stereocenters. The molecule has 0 aromatic heterocycles. The molecule has 23 heavy (non-hydrogen) atoms. The second-order valence-electron chi connectivity index (χ2n) is 4.86. The molecular formula is C16H14ClIN2O3. The van der Waals surface area contributed by atoms with E-state index in [9.17, 15) is 4.79 Å². The SMILES string of the molecule is O=C(CNc1cc2c(cc1Cl)OCCO2)Nc1ccccc1I. The number of para-hydroxylation sites is 1. The molecule has 0 unspecified atom stereocenters. The van der Waals surface area contributed by atoms with E-state index in [0.29, 0.717) is 35.4 Å². The van der Waals surface area contributed by atoms with Crippen LogP contribution < -0.4 is 20.1 Å². The zero-order valence-electron chi connectivity index (χ0n) is 12.1. The smallest absolute Gasteiger partial charge is 0.243 e. The number of amides is 1. The number of nitrogens with one attached hydrogen (secondary N) is 2. The molecule has 2 aromatic carbocycles. The average molecular weight is 445 g/mol. The van der Waals surface area contributed by atoms with Crippen molar-refractivity contribution in [2.24, 2.45) is 0 Å². The average Bonchev–Trinajstić information content (AvgIpc) is 2.55. The number of anilines is 2. The lowest BCUT2D eigenvalue weighted by molar-refractivity contribution is -0.114. The van der Waals surface area contributed by atoms with Gasteiger partial charge in [0, 0.05) is 15.7 Å². The molecule has 0 saturated heterocycles. The monoisotopic (exact) mass is 444 g/mol. The van der Waals surface area contributed by atoms with Crippen LogP contribution >= 0.6 is 34.2 Å². The van der Waals surface area contributed by atoms with E-state index in [-0.39, 0.29) is 12.5 Å². The van der Waals surface area contributed by atoms with E-state index in [1.54, 1.807) is 12.1 Å². The Balaban J connectivity index is 1.64. The van der Waals surface area contributed by atoms with E-state index in [2.05, 4.69) is 33.2 Å². The van der Waals surface area contributed by atoms with E-state index >= 15 is 0 Å². The normalized spacial score (nSPS) is 12.6. The number of hydrogen-bond acceptors (Lipinski definition) is 4. The minimum atomic E-state index is -0.153. The molecule has 1 amide bonds. The summed E-state index contributed by atoms with van der Waals surface area (Å²) in [5.74, 6) is 1.09. The molecule has 2 N–H and O–H groups in total. The predicted octanol–water partition coefficient (Wildman–Crippen LogP) is 3.77. The summed E-state index contributed by atoms with van der Waals surface area (Å²) in [6.07, 6.45) is 0. The molecule has 0 bridgehead atoms. The van der Waals surface area contributed by atoms with Gasteiger partial charge >= 0.3 is 0 Å². The third-order valence-corrected chi connectivity index (χ3v) is 4.47. The highest BCUT2D eigenvalue weighted by atomic mass is 127. The van der Waals surface area contributed by atoms with E-state index in [1.165, 1.54) is 0 Å². The van der Waals surface area contributed by atoms with Gasteiger partial charge in [-0.15, -0.1) is 0 Å². The van der Waals surface area contributed by atoms with E-state index in [4.69, 9.17) is 21.1 Å². The van der Waals surface area contributed by atoms with Gasteiger partial charge in [-0.25, -0.2) is 0 Å². The highest BCUT2D eigenvalue weighted by Gasteiger charge is 2.15. The van der Waals surface area contributed by atoms with Crippen LogP contribution in [0.1, 0.15) is 0 Å². The maximum absolute atomic E-state index is 12.1. The van der Waals surface area contributed by atoms with Crippen LogP contribution in [0, 0.1) is 3.57 Å². The molecule has 0 saturated carbocycles. The van der Waals surface area contributed by atoms with Crippen LogP contribution in [0.15, 0.2) is 36.4 Å². The third kappa shape index (κ3) is 4.00. The molecule has 0 fully saturated rings. The van der Waals surface area contributed by atoms with Crippen molar-refractivity contribution in [1.82, 2.24) is 0 Å². The van der Waals surface area contributed by atoms with Crippen molar-refractivity contribution < 1.29 is 14.3 Å². The molecule has 0 aliphatic carbocycles. The van der Waals surface area contributed by atoms with Crippen molar-refractivity contribution in [2.75, 3.05) is 30.4 Å². The lowest BCUT2D eigenvalue weighted by Gasteiger charge is -2.20. The zero-order valence-corrected chi connectivity index (χ0v) is 15.0. The van der Waals surface area contributed by atoms with Gasteiger partial charge in [-0.3, -0.25) is 4.79 Å². The Labute approximate surface area is 152 Å². The van der Waals surface area contributed by atoms with Gasteiger partial charge in [0.25, 0.3) is 0 Å². The van der Waals surface area contributed by atoms with Crippen LogP contribution in [-0.2, 0) is 4.79 Å². The van der Waals surface area contributed by atoms with Crippen LogP contribution in [0.4, 0.5) is 11.4 Å². The van der Waals surface area contributed by atoms with Crippen molar-refractivity contribution in [3.05, 3.63) is 45.0 Å². The standard InChI is InChI=1S/C16H14ClIN2O3/c17-10-7-14-15(23-6-5-22-14)8-13(10)19-9-16(21)20-12-4-2-1-3-11(12)18/h1-4,7-8,19H,5-6,9H2,(H,20,21). The second-order valence-corrected chi connectivity index (χ2v) is 6.43. The Morgan fingerprint density at radius 3 is 2.57 bits per heavy atom. The first kappa shape index (κ1) is 16.2. The number of halogens is 2. The van der Waals surface area contributed by atoms with Crippen molar-refractivity contribution in [3.63, 3.8) is 0 Å². The molecule has 0 spiro atoms. The summed E-state index contributed by atoms with van der Waals surface area (Å²) >= 11 is 8.37. The fourth-order valence-corrected chi connectivity index (χ4v) is 2.87. The highest BCUT2D eigenvalue weighted by molar-refractivity contribution is 14.1. The van der Waals surface area contributed by atoms with Crippen LogP contribution in [0.5, 0.6) is 11.5 Å². The largest absolute Gasteiger partial charge is 0.486 e. The fraction of sp³-hybridized carbons (Fsp3) is 0.188. The van der Waals surface area contributed by atoms with Crippen molar-refractivity contribution >= 4 is 51.5 Å². The van der Waals surface area contributed by atoms with E-state index < -0.39 is 0 Å². The van der Waals surface area contributed by atoms with Gasteiger partial charge in [0.2, 0.25) is 5.91 Å². The Morgan fingerprint density at radius 2 is 1.83 bits per heavy atom. The van der Waals surface area contributed by atoms with Crippen LogP contribution in [-0.4, -0.2) is 25.7 Å². The van der Waals surface area contributed by atoms with Gasteiger partial charge in [-0.05, 0) is 34.7 Å². The Bertz CT molecular complexity index is 739. The fourth-order valence-electron chi connectivity index (χ4n) is 2.13. The zero-order chi connectivity index (χ0) is 16.2. The lowest BCUT2D eigenvalue weighted by atomic mass is 10.2. The van der Waals surface area contributed by atoms with Crippen molar-refractivity contribution in [3.8, 4) is 11.5 Å². The summed E-state index contributed by atoms with van der Waals surface area (Å²) in [4.78, 5) is 12.1. The Morgan fingerprint density at radius 1 is 1.13 bits per heavy atom. The topological polar surface area (TPSA) is 59.6 Å². The Kier molecular flexibility index (Phi) is 5.12. The van der Waals surface area contributed by atoms with E-state index in [1.807, 2.05) is 24.3 Å². The number of carbonyl (C=O) groups excluding carboxylic acids is 1. The summed E-state index contributed by atoms with van der Waals surface area (Å²) < 4.78 is 12.0. The predicted molar refractivity (Wildman–Crippen MR) is 98.7 cm³/mol. The molecule has 0 radical (unpaired) electrons. The summed E-state index contributed by atoms with van der Waals surface area (Å²) in [5, 5.41) is 6.36. The molecule has 7 heteroatoms. The number of hydrogen-bond donors (Lipinski definition) is 2. The van der Waals surface area contributed by atoms with Crippen molar-refractivity contribution in [1.29, 1.82) is 0 Å². The van der Waals surface area contributed by atoms with Gasteiger partial charge in [-0.1, -0.05) is 23.7 Å².